The van der Waals surface area contributed by atoms with Crippen molar-refractivity contribution >= 4 is 0 Å². The number of aromatic nitrogens is 1. The van der Waals surface area contributed by atoms with Gasteiger partial charge < -0.3 is 5.32 Å². The minimum Gasteiger partial charge on any atom is -0.312 e. The summed E-state index contributed by atoms with van der Waals surface area (Å²) in [6, 6.07) is 3.17. The SMILES string of the molecule is CNC(CCC1CC1)c1ncccc1F. The molecule has 0 aliphatic heterocycles. The van der Waals surface area contributed by atoms with Gasteiger partial charge in [-0.1, -0.05) is 12.8 Å². The summed E-state index contributed by atoms with van der Waals surface area (Å²) >= 11 is 0. The molecule has 0 aromatic carbocycles. The van der Waals surface area contributed by atoms with E-state index in [1.165, 1.54) is 25.3 Å². The van der Waals surface area contributed by atoms with E-state index in [0.29, 0.717) is 5.69 Å². The average molecular weight is 208 g/mol. The van der Waals surface area contributed by atoms with E-state index in [1.54, 1.807) is 12.3 Å². The van der Waals surface area contributed by atoms with E-state index in [2.05, 4.69) is 10.3 Å². The number of nitrogens with zero attached hydrogens (tertiary/aromatic N) is 1. The van der Waals surface area contributed by atoms with E-state index in [9.17, 15) is 4.39 Å². The third kappa shape index (κ3) is 2.75. The van der Waals surface area contributed by atoms with Crippen LogP contribution >= 0.6 is 0 Å². The first kappa shape index (κ1) is 10.6. The van der Waals surface area contributed by atoms with Crippen molar-refractivity contribution in [1.82, 2.24) is 10.3 Å². The van der Waals surface area contributed by atoms with Crippen LogP contribution in [0.5, 0.6) is 0 Å². The number of rotatable bonds is 5. The van der Waals surface area contributed by atoms with E-state index in [1.807, 2.05) is 7.05 Å². The number of hydrogen-bond donors (Lipinski definition) is 1. The molecule has 1 atom stereocenters. The maximum Gasteiger partial charge on any atom is 0.146 e. The van der Waals surface area contributed by atoms with Crippen LogP contribution in [0.1, 0.15) is 37.4 Å². The summed E-state index contributed by atoms with van der Waals surface area (Å²) in [5, 5.41) is 3.14. The van der Waals surface area contributed by atoms with E-state index in [-0.39, 0.29) is 11.9 Å². The van der Waals surface area contributed by atoms with Gasteiger partial charge in [0.15, 0.2) is 0 Å². The molecule has 1 heterocycles. The highest BCUT2D eigenvalue weighted by Gasteiger charge is 2.23. The van der Waals surface area contributed by atoms with Crippen molar-refractivity contribution in [3.05, 3.63) is 29.8 Å². The van der Waals surface area contributed by atoms with Gasteiger partial charge in [0.05, 0.1) is 11.7 Å². The molecule has 1 N–H and O–H groups in total. The van der Waals surface area contributed by atoms with Gasteiger partial charge in [0.25, 0.3) is 0 Å². The Hall–Kier alpha value is -0.960. The van der Waals surface area contributed by atoms with Crippen molar-refractivity contribution in [2.45, 2.75) is 31.7 Å². The van der Waals surface area contributed by atoms with Gasteiger partial charge in [-0.25, -0.2) is 4.39 Å². The van der Waals surface area contributed by atoms with Gasteiger partial charge in [0.1, 0.15) is 5.82 Å². The maximum absolute atomic E-state index is 13.5. The first-order valence-corrected chi connectivity index (χ1v) is 5.59. The minimum atomic E-state index is -0.201. The molecule has 0 spiro atoms. The number of halogens is 1. The predicted molar refractivity (Wildman–Crippen MR) is 58.0 cm³/mol. The Bertz CT molecular complexity index is 323. The second kappa shape index (κ2) is 4.71. The Morgan fingerprint density at radius 2 is 2.40 bits per heavy atom. The molecular weight excluding hydrogens is 191 g/mol. The molecule has 1 aliphatic rings. The molecule has 1 unspecified atom stereocenters. The molecule has 1 aromatic rings. The minimum absolute atomic E-state index is 0.0619. The first-order valence-electron chi connectivity index (χ1n) is 5.59. The predicted octanol–water partition coefficient (Wildman–Crippen LogP) is 2.67. The third-order valence-corrected chi connectivity index (χ3v) is 3.03. The van der Waals surface area contributed by atoms with Gasteiger partial charge in [-0.05, 0) is 37.9 Å². The Balaban J connectivity index is 2.00. The summed E-state index contributed by atoms with van der Waals surface area (Å²) in [5.74, 6) is 0.681. The molecule has 1 aliphatic carbocycles. The first-order chi connectivity index (χ1) is 7.31. The maximum atomic E-state index is 13.5. The zero-order valence-corrected chi connectivity index (χ0v) is 9.04. The highest BCUT2D eigenvalue weighted by Crippen LogP contribution is 2.35. The van der Waals surface area contributed by atoms with E-state index < -0.39 is 0 Å². The number of nitrogens with one attached hydrogen (secondary N) is 1. The van der Waals surface area contributed by atoms with Gasteiger partial charge in [0, 0.05) is 6.20 Å². The van der Waals surface area contributed by atoms with Crippen molar-refractivity contribution in [2.24, 2.45) is 5.92 Å². The van der Waals surface area contributed by atoms with Crippen LogP contribution < -0.4 is 5.32 Å². The smallest absolute Gasteiger partial charge is 0.146 e. The Morgan fingerprint density at radius 1 is 1.60 bits per heavy atom. The largest absolute Gasteiger partial charge is 0.312 e. The summed E-state index contributed by atoms with van der Waals surface area (Å²) in [6.45, 7) is 0. The van der Waals surface area contributed by atoms with Gasteiger partial charge in [-0.3, -0.25) is 4.98 Å². The van der Waals surface area contributed by atoms with Gasteiger partial charge in [-0.2, -0.15) is 0 Å². The molecule has 82 valence electrons. The van der Waals surface area contributed by atoms with Crippen LogP contribution in [0.3, 0.4) is 0 Å². The van der Waals surface area contributed by atoms with Crippen LogP contribution in [0.15, 0.2) is 18.3 Å². The highest BCUT2D eigenvalue weighted by atomic mass is 19.1. The van der Waals surface area contributed by atoms with Crippen molar-refractivity contribution in [1.29, 1.82) is 0 Å². The van der Waals surface area contributed by atoms with Crippen LogP contribution in [0.25, 0.3) is 0 Å². The summed E-state index contributed by atoms with van der Waals surface area (Å²) in [6.07, 6.45) is 6.51. The van der Waals surface area contributed by atoms with Crippen molar-refractivity contribution in [3.63, 3.8) is 0 Å². The van der Waals surface area contributed by atoms with E-state index >= 15 is 0 Å². The third-order valence-electron chi connectivity index (χ3n) is 3.03. The van der Waals surface area contributed by atoms with Crippen LogP contribution in [-0.4, -0.2) is 12.0 Å². The summed E-state index contributed by atoms with van der Waals surface area (Å²) in [7, 11) is 1.87. The normalized spacial score (nSPS) is 17.7. The van der Waals surface area contributed by atoms with Crippen LogP contribution in [0, 0.1) is 11.7 Å². The fourth-order valence-electron chi connectivity index (χ4n) is 1.88. The summed E-state index contributed by atoms with van der Waals surface area (Å²) in [4.78, 5) is 4.11. The fraction of sp³-hybridized carbons (Fsp3) is 0.583. The highest BCUT2D eigenvalue weighted by molar-refractivity contribution is 5.11. The van der Waals surface area contributed by atoms with Crippen molar-refractivity contribution in [3.8, 4) is 0 Å². The molecule has 0 bridgehead atoms. The molecule has 15 heavy (non-hydrogen) atoms. The quantitative estimate of drug-likeness (QED) is 0.804. The van der Waals surface area contributed by atoms with Gasteiger partial charge >= 0.3 is 0 Å². The molecule has 1 saturated carbocycles. The molecule has 0 amide bonds. The van der Waals surface area contributed by atoms with E-state index in [0.717, 1.165) is 12.3 Å². The van der Waals surface area contributed by atoms with Crippen LogP contribution in [-0.2, 0) is 0 Å². The van der Waals surface area contributed by atoms with Gasteiger partial charge in [0.2, 0.25) is 0 Å². The Morgan fingerprint density at radius 3 is 3.00 bits per heavy atom. The number of pyridine rings is 1. The van der Waals surface area contributed by atoms with Crippen LogP contribution in [0.2, 0.25) is 0 Å². The lowest BCUT2D eigenvalue weighted by molar-refractivity contribution is 0.467. The second-order valence-electron chi connectivity index (χ2n) is 4.23. The van der Waals surface area contributed by atoms with Gasteiger partial charge in [-0.15, -0.1) is 0 Å². The lowest BCUT2D eigenvalue weighted by atomic mass is 10.0. The molecule has 1 aromatic heterocycles. The molecular formula is C12H17FN2. The fourth-order valence-corrected chi connectivity index (χ4v) is 1.88. The molecule has 3 heteroatoms. The Labute approximate surface area is 89.9 Å². The van der Waals surface area contributed by atoms with Crippen molar-refractivity contribution < 1.29 is 4.39 Å². The Kier molecular flexibility index (Phi) is 3.31. The lowest BCUT2D eigenvalue weighted by Crippen LogP contribution is -2.19. The molecule has 2 rings (SSSR count). The number of hydrogen-bond acceptors (Lipinski definition) is 2. The van der Waals surface area contributed by atoms with E-state index in [4.69, 9.17) is 0 Å². The average Bonchev–Trinajstić information content (AvgIpc) is 3.05. The zero-order valence-electron chi connectivity index (χ0n) is 9.04. The molecule has 0 radical (unpaired) electrons. The summed E-state index contributed by atoms with van der Waals surface area (Å²) < 4.78 is 13.5. The summed E-state index contributed by atoms with van der Waals surface area (Å²) in [5.41, 5.74) is 0.556. The monoisotopic (exact) mass is 208 g/mol. The zero-order chi connectivity index (χ0) is 10.7. The van der Waals surface area contributed by atoms with Crippen LogP contribution in [0.4, 0.5) is 4.39 Å². The lowest BCUT2D eigenvalue weighted by Gasteiger charge is -2.15. The van der Waals surface area contributed by atoms with Crippen molar-refractivity contribution in [2.75, 3.05) is 7.05 Å². The molecule has 2 nitrogen and oxygen atoms in total. The standard InChI is InChI=1S/C12H17FN2/c1-14-11(7-6-9-4-5-9)12-10(13)3-2-8-15-12/h2-3,8-9,11,14H,4-7H2,1H3. The molecule has 1 fully saturated rings. The molecule has 0 saturated heterocycles. The topological polar surface area (TPSA) is 24.9 Å². The second-order valence-corrected chi connectivity index (χ2v) is 4.23.